The fourth-order valence-corrected chi connectivity index (χ4v) is 1.25. The molecule has 6 heteroatoms. The van der Waals surface area contributed by atoms with Crippen molar-refractivity contribution in [1.29, 1.82) is 0 Å². The molecule has 0 bridgehead atoms. The number of urea groups is 1. The molecule has 0 saturated heterocycles. The molecule has 0 atom stereocenters. The number of nitrogens with zero attached hydrogens (tertiary/aromatic N) is 1. The minimum absolute atomic E-state index is 0.533. The van der Waals surface area contributed by atoms with Crippen molar-refractivity contribution in [1.82, 2.24) is 5.43 Å². The number of hydrogen-bond acceptors (Lipinski definition) is 3. The van der Waals surface area contributed by atoms with Crippen LogP contribution in [0.2, 0.25) is 5.02 Å². The molecular formula is C10H12ClN3O2. The number of hydrogen-bond donors (Lipinski definition) is 2. The zero-order valence-corrected chi connectivity index (χ0v) is 9.49. The second-order valence-electron chi connectivity index (χ2n) is 2.85. The Hall–Kier alpha value is -1.75. The third-order valence-electron chi connectivity index (χ3n) is 1.65. The van der Waals surface area contributed by atoms with E-state index in [0.717, 1.165) is 0 Å². The Kier molecular flexibility index (Phi) is 4.60. The van der Waals surface area contributed by atoms with E-state index in [9.17, 15) is 4.79 Å². The van der Waals surface area contributed by atoms with E-state index >= 15 is 0 Å². The van der Waals surface area contributed by atoms with Gasteiger partial charge >= 0.3 is 6.03 Å². The zero-order chi connectivity index (χ0) is 12.0. The molecule has 1 aromatic carbocycles. The maximum atomic E-state index is 10.4. The van der Waals surface area contributed by atoms with Crippen LogP contribution in [0.5, 0.6) is 5.75 Å². The van der Waals surface area contributed by atoms with Crippen LogP contribution in [0.1, 0.15) is 12.5 Å². The summed E-state index contributed by atoms with van der Waals surface area (Å²) in [6.07, 6.45) is 1.42. The average molecular weight is 242 g/mol. The minimum Gasteiger partial charge on any atom is -0.493 e. The van der Waals surface area contributed by atoms with Crippen LogP contribution in [-0.2, 0) is 0 Å². The molecule has 16 heavy (non-hydrogen) atoms. The van der Waals surface area contributed by atoms with E-state index in [-0.39, 0.29) is 0 Å². The van der Waals surface area contributed by atoms with Crippen LogP contribution in [0.15, 0.2) is 23.3 Å². The van der Waals surface area contributed by atoms with Crippen molar-refractivity contribution in [3.8, 4) is 5.75 Å². The van der Waals surface area contributed by atoms with Crippen LogP contribution in [-0.4, -0.2) is 18.9 Å². The Balaban J connectivity index is 2.86. The highest BCUT2D eigenvalue weighted by Gasteiger charge is 2.01. The van der Waals surface area contributed by atoms with Crippen molar-refractivity contribution < 1.29 is 9.53 Å². The Bertz CT molecular complexity index is 407. The van der Waals surface area contributed by atoms with Gasteiger partial charge in [0.1, 0.15) is 5.75 Å². The predicted octanol–water partition coefficient (Wildman–Crippen LogP) is 1.74. The van der Waals surface area contributed by atoms with Crippen LogP contribution >= 0.6 is 11.6 Å². The summed E-state index contributed by atoms with van der Waals surface area (Å²) in [5.41, 5.74) is 7.62. The van der Waals surface area contributed by atoms with E-state index in [1.54, 1.807) is 18.2 Å². The quantitative estimate of drug-likeness (QED) is 0.622. The number of halogens is 1. The number of primary amides is 1. The minimum atomic E-state index is -0.726. The molecule has 3 N–H and O–H groups in total. The van der Waals surface area contributed by atoms with Gasteiger partial charge < -0.3 is 10.5 Å². The lowest BCUT2D eigenvalue weighted by Crippen LogP contribution is -2.24. The molecule has 0 fully saturated rings. The van der Waals surface area contributed by atoms with Crippen LogP contribution < -0.4 is 15.9 Å². The van der Waals surface area contributed by atoms with Gasteiger partial charge in [-0.05, 0) is 25.1 Å². The SMILES string of the molecule is CCOc1ccc(Cl)cc1/C=N\NC(N)=O. The standard InChI is InChI=1S/C10H12ClN3O2/c1-2-16-9-4-3-8(11)5-7(9)6-13-14-10(12)15/h3-6H,2H2,1H3,(H3,12,14,15)/b13-6-. The van der Waals surface area contributed by atoms with Crippen LogP contribution in [0.25, 0.3) is 0 Å². The average Bonchev–Trinajstić information content (AvgIpc) is 2.21. The second kappa shape index (κ2) is 5.97. The van der Waals surface area contributed by atoms with Gasteiger partial charge in [-0.3, -0.25) is 0 Å². The molecule has 0 aliphatic heterocycles. The Morgan fingerprint density at radius 2 is 2.44 bits per heavy atom. The van der Waals surface area contributed by atoms with E-state index in [2.05, 4.69) is 10.5 Å². The first-order chi connectivity index (χ1) is 7.63. The van der Waals surface area contributed by atoms with Gasteiger partial charge in [-0.25, -0.2) is 10.2 Å². The van der Waals surface area contributed by atoms with E-state index in [1.165, 1.54) is 6.21 Å². The van der Waals surface area contributed by atoms with Crippen molar-refractivity contribution >= 4 is 23.8 Å². The molecule has 86 valence electrons. The normalized spacial score (nSPS) is 10.4. The fourth-order valence-electron chi connectivity index (χ4n) is 1.07. The van der Waals surface area contributed by atoms with Crippen LogP contribution in [0.4, 0.5) is 4.79 Å². The summed E-state index contributed by atoms with van der Waals surface area (Å²) in [5, 5.41) is 4.20. The van der Waals surface area contributed by atoms with Gasteiger partial charge in [0.05, 0.1) is 12.8 Å². The molecule has 0 unspecified atom stereocenters. The van der Waals surface area contributed by atoms with E-state index in [1.807, 2.05) is 6.92 Å². The van der Waals surface area contributed by atoms with E-state index in [0.29, 0.717) is 22.9 Å². The molecule has 1 rings (SSSR count). The Morgan fingerprint density at radius 1 is 1.69 bits per heavy atom. The lowest BCUT2D eigenvalue weighted by molar-refractivity contribution is 0.249. The summed E-state index contributed by atoms with van der Waals surface area (Å²) in [6.45, 7) is 2.41. The van der Waals surface area contributed by atoms with Crippen LogP contribution in [0.3, 0.4) is 0 Å². The molecule has 2 amide bonds. The topological polar surface area (TPSA) is 76.7 Å². The Labute approximate surface area is 98.2 Å². The monoisotopic (exact) mass is 241 g/mol. The Morgan fingerprint density at radius 3 is 3.06 bits per heavy atom. The number of benzene rings is 1. The number of rotatable bonds is 4. The highest BCUT2D eigenvalue weighted by Crippen LogP contribution is 2.21. The number of hydrazone groups is 1. The summed E-state index contributed by atoms with van der Waals surface area (Å²) in [4.78, 5) is 10.4. The molecule has 0 aromatic heterocycles. The van der Waals surface area contributed by atoms with Gasteiger partial charge in [0.2, 0.25) is 0 Å². The highest BCUT2D eigenvalue weighted by atomic mass is 35.5. The third-order valence-corrected chi connectivity index (χ3v) is 1.89. The second-order valence-corrected chi connectivity index (χ2v) is 3.29. The molecular weight excluding hydrogens is 230 g/mol. The van der Waals surface area contributed by atoms with Gasteiger partial charge in [0.25, 0.3) is 0 Å². The first kappa shape index (κ1) is 12.3. The number of nitrogens with two attached hydrogens (primary N) is 1. The lowest BCUT2D eigenvalue weighted by Gasteiger charge is -2.06. The predicted molar refractivity (Wildman–Crippen MR) is 62.9 cm³/mol. The summed E-state index contributed by atoms with van der Waals surface area (Å²) >= 11 is 5.83. The van der Waals surface area contributed by atoms with Crippen LogP contribution in [0, 0.1) is 0 Å². The lowest BCUT2D eigenvalue weighted by atomic mass is 10.2. The van der Waals surface area contributed by atoms with Crippen molar-refractivity contribution in [2.45, 2.75) is 6.92 Å². The van der Waals surface area contributed by atoms with Crippen molar-refractivity contribution in [2.75, 3.05) is 6.61 Å². The van der Waals surface area contributed by atoms with Gasteiger partial charge in [0, 0.05) is 10.6 Å². The van der Waals surface area contributed by atoms with Crippen molar-refractivity contribution in [3.63, 3.8) is 0 Å². The summed E-state index contributed by atoms with van der Waals surface area (Å²) in [6, 6.07) is 4.40. The highest BCUT2D eigenvalue weighted by molar-refractivity contribution is 6.30. The molecule has 0 aliphatic rings. The molecule has 0 heterocycles. The number of carbonyl (C=O) groups excluding carboxylic acids is 1. The fraction of sp³-hybridized carbons (Fsp3) is 0.200. The van der Waals surface area contributed by atoms with E-state index in [4.69, 9.17) is 22.1 Å². The van der Waals surface area contributed by atoms with Gasteiger partial charge in [-0.1, -0.05) is 11.6 Å². The molecule has 0 radical (unpaired) electrons. The number of carbonyl (C=O) groups is 1. The van der Waals surface area contributed by atoms with Gasteiger partial charge in [0.15, 0.2) is 0 Å². The molecule has 0 aliphatic carbocycles. The van der Waals surface area contributed by atoms with Gasteiger partial charge in [-0.2, -0.15) is 5.10 Å². The zero-order valence-electron chi connectivity index (χ0n) is 8.74. The third kappa shape index (κ3) is 3.78. The first-order valence-corrected chi connectivity index (χ1v) is 5.02. The summed E-state index contributed by atoms with van der Waals surface area (Å²) in [7, 11) is 0. The van der Waals surface area contributed by atoms with Crippen molar-refractivity contribution in [2.24, 2.45) is 10.8 Å². The first-order valence-electron chi connectivity index (χ1n) is 4.64. The number of ether oxygens (including phenoxy) is 1. The maximum absolute atomic E-state index is 10.4. The number of nitrogens with one attached hydrogen (secondary N) is 1. The molecule has 5 nitrogen and oxygen atoms in total. The van der Waals surface area contributed by atoms with Crippen molar-refractivity contribution in [3.05, 3.63) is 28.8 Å². The maximum Gasteiger partial charge on any atom is 0.332 e. The smallest absolute Gasteiger partial charge is 0.332 e. The van der Waals surface area contributed by atoms with E-state index < -0.39 is 6.03 Å². The van der Waals surface area contributed by atoms with Gasteiger partial charge in [-0.15, -0.1) is 0 Å². The summed E-state index contributed by atoms with van der Waals surface area (Å²) < 4.78 is 5.36. The molecule has 1 aromatic rings. The summed E-state index contributed by atoms with van der Waals surface area (Å²) in [5.74, 6) is 0.641. The largest absolute Gasteiger partial charge is 0.493 e. The molecule has 0 saturated carbocycles. The molecule has 0 spiro atoms. The number of amides is 2.